The number of aliphatic hydroxyl groups excluding tert-OH is 1. The molecule has 0 amide bonds. The Morgan fingerprint density at radius 1 is 1.73 bits per heavy atom. The van der Waals surface area contributed by atoms with E-state index in [0.29, 0.717) is 23.9 Å². The maximum Gasteiger partial charge on any atom is 0.405 e. The van der Waals surface area contributed by atoms with Gasteiger partial charge in [-0.2, -0.15) is 0 Å². The van der Waals surface area contributed by atoms with Gasteiger partial charge in [-0.15, -0.1) is 11.6 Å². The lowest BCUT2D eigenvalue weighted by molar-refractivity contribution is -0.0479. The summed E-state index contributed by atoms with van der Waals surface area (Å²) in [6, 6.07) is 0. The van der Waals surface area contributed by atoms with Gasteiger partial charge >= 0.3 is 5.17 Å². The zero-order chi connectivity index (χ0) is 11.3. The molecule has 0 saturated carbocycles. The van der Waals surface area contributed by atoms with Crippen molar-refractivity contribution in [1.29, 1.82) is 0 Å². The van der Waals surface area contributed by atoms with Crippen molar-refractivity contribution >= 4 is 35.2 Å². The normalized spacial score (nSPS) is 30.7. The molecule has 15 heavy (non-hydrogen) atoms. The van der Waals surface area contributed by atoms with Gasteiger partial charge in [-0.25, -0.2) is 4.67 Å². The van der Waals surface area contributed by atoms with Crippen LogP contribution in [0.2, 0.25) is 0 Å². The van der Waals surface area contributed by atoms with Crippen LogP contribution < -0.4 is 9.98 Å². The SMILES string of the molecule is C=[N+]=C(NC)SC1CC(O)CC(CCl)O1. The Morgan fingerprint density at radius 3 is 3.00 bits per heavy atom. The number of nitrogens with one attached hydrogen (secondary N) is 1. The Kier molecular flexibility index (Phi) is 5.50. The highest BCUT2D eigenvalue weighted by molar-refractivity contribution is 8.14. The van der Waals surface area contributed by atoms with Crippen molar-refractivity contribution in [2.75, 3.05) is 12.9 Å². The third-order valence-corrected chi connectivity index (χ3v) is 3.58. The molecule has 0 radical (unpaired) electrons. The second-order valence-electron chi connectivity index (χ2n) is 3.30. The molecular weight excluding hydrogens is 236 g/mol. The minimum absolute atomic E-state index is 0.0733. The summed E-state index contributed by atoms with van der Waals surface area (Å²) in [6.45, 7) is 3.44. The summed E-state index contributed by atoms with van der Waals surface area (Å²) in [7, 11) is 1.77. The highest BCUT2D eigenvalue weighted by Crippen LogP contribution is 2.27. The fraction of sp³-hybridized carbons (Fsp3) is 0.778. The minimum atomic E-state index is -0.345. The Bertz CT molecular complexity index is 258. The number of aliphatic hydroxyl groups is 1. The second-order valence-corrected chi connectivity index (χ2v) is 4.76. The number of nitrogens with zero attached hydrogens (tertiary/aromatic N) is 1. The molecule has 4 nitrogen and oxygen atoms in total. The molecule has 2 N–H and O–H groups in total. The predicted octanol–water partition coefficient (Wildman–Crippen LogP) is 0.168. The maximum atomic E-state index is 9.61. The fourth-order valence-electron chi connectivity index (χ4n) is 1.42. The zero-order valence-corrected chi connectivity index (χ0v) is 10.2. The van der Waals surface area contributed by atoms with Crippen LogP contribution in [0.1, 0.15) is 12.8 Å². The molecule has 6 heteroatoms. The van der Waals surface area contributed by atoms with Gasteiger partial charge in [0.1, 0.15) is 5.44 Å². The number of rotatable bonds is 2. The summed E-state index contributed by atoms with van der Waals surface area (Å²) < 4.78 is 9.46. The molecule has 0 aromatic carbocycles. The number of thioether (sulfide) groups is 1. The minimum Gasteiger partial charge on any atom is -0.393 e. The highest BCUT2D eigenvalue weighted by atomic mass is 35.5. The molecule has 0 aromatic rings. The molecule has 3 unspecified atom stereocenters. The Labute approximate surface area is 98.8 Å². The Hall–Kier alpha value is -0.190. The van der Waals surface area contributed by atoms with Gasteiger partial charge < -0.3 is 9.84 Å². The predicted molar refractivity (Wildman–Crippen MR) is 65.5 cm³/mol. The van der Waals surface area contributed by atoms with Crippen molar-refractivity contribution < 1.29 is 9.84 Å². The molecule has 1 rings (SSSR count). The van der Waals surface area contributed by atoms with Crippen LogP contribution in [0.3, 0.4) is 0 Å². The van der Waals surface area contributed by atoms with Crippen molar-refractivity contribution in [2.45, 2.75) is 30.5 Å². The molecule has 1 heterocycles. The van der Waals surface area contributed by atoms with E-state index in [2.05, 4.69) is 16.7 Å². The summed E-state index contributed by atoms with van der Waals surface area (Å²) in [5, 5.41) is 13.2. The van der Waals surface area contributed by atoms with Crippen molar-refractivity contribution in [3.8, 4) is 0 Å². The topological polar surface area (TPSA) is 55.6 Å². The molecule has 0 aliphatic carbocycles. The van der Waals surface area contributed by atoms with Gasteiger partial charge in [-0.3, -0.25) is 5.32 Å². The molecule has 0 aromatic heterocycles. The van der Waals surface area contributed by atoms with Crippen LogP contribution >= 0.6 is 23.4 Å². The Morgan fingerprint density at radius 2 is 2.47 bits per heavy atom. The van der Waals surface area contributed by atoms with E-state index in [9.17, 15) is 5.11 Å². The molecule has 0 spiro atoms. The first-order valence-corrected chi connectivity index (χ1v) is 6.18. The van der Waals surface area contributed by atoms with Crippen LogP contribution in [0.5, 0.6) is 0 Å². The molecule has 1 aliphatic heterocycles. The van der Waals surface area contributed by atoms with Crippen LogP contribution in [0.4, 0.5) is 0 Å². The third-order valence-electron chi connectivity index (χ3n) is 2.12. The lowest BCUT2D eigenvalue weighted by Gasteiger charge is -2.30. The number of amidine groups is 1. The number of halogens is 1. The van der Waals surface area contributed by atoms with E-state index in [0.717, 1.165) is 0 Å². The first-order chi connectivity index (χ1) is 7.19. The largest absolute Gasteiger partial charge is 0.405 e. The number of hydrogen-bond acceptors (Lipinski definition) is 3. The fourth-order valence-corrected chi connectivity index (χ4v) is 2.59. The molecule has 1 aliphatic rings. The van der Waals surface area contributed by atoms with Gasteiger partial charge in [0.2, 0.25) is 0 Å². The Balaban J connectivity index is 2.51. The summed E-state index contributed by atoms with van der Waals surface area (Å²) in [5.74, 6) is 0.407. The van der Waals surface area contributed by atoms with Gasteiger partial charge in [-0.05, 0) is 0 Å². The first kappa shape index (κ1) is 12.9. The smallest absolute Gasteiger partial charge is 0.393 e. The van der Waals surface area contributed by atoms with Crippen LogP contribution in [-0.2, 0) is 4.74 Å². The number of ether oxygens (including phenoxy) is 1. The molecular formula is C9H16ClN2O2S+. The van der Waals surface area contributed by atoms with Gasteiger partial charge in [0.25, 0.3) is 0 Å². The average Bonchev–Trinajstić information content (AvgIpc) is 2.25. The van der Waals surface area contributed by atoms with Crippen LogP contribution in [0.25, 0.3) is 0 Å². The van der Waals surface area contributed by atoms with E-state index in [1.54, 1.807) is 7.05 Å². The lowest BCUT2D eigenvalue weighted by atomic mass is 10.1. The van der Waals surface area contributed by atoms with Crippen molar-refractivity contribution in [3.05, 3.63) is 0 Å². The second kappa shape index (κ2) is 6.40. The van der Waals surface area contributed by atoms with Crippen LogP contribution in [0.15, 0.2) is 0 Å². The average molecular weight is 252 g/mol. The van der Waals surface area contributed by atoms with E-state index in [1.807, 2.05) is 0 Å². The van der Waals surface area contributed by atoms with Crippen LogP contribution in [0, 0.1) is 0 Å². The van der Waals surface area contributed by atoms with Gasteiger partial charge in [0.15, 0.2) is 6.72 Å². The van der Waals surface area contributed by atoms with E-state index in [1.165, 1.54) is 11.8 Å². The summed E-state index contributed by atoms with van der Waals surface area (Å²) >= 11 is 7.14. The van der Waals surface area contributed by atoms with Crippen molar-refractivity contribution in [1.82, 2.24) is 9.98 Å². The van der Waals surface area contributed by atoms with E-state index >= 15 is 0 Å². The highest BCUT2D eigenvalue weighted by Gasteiger charge is 2.30. The molecule has 3 atom stereocenters. The summed E-state index contributed by atoms with van der Waals surface area (Å²) in [5.41, 5.74) is -0.106. The zero-order valence-electron chi connectivity index (χ0n) is 8.65. The molecule has 1 saturated heterocycles. The first-order valence-electron chi connectivity index (χ1n) is 4.77. The number of hydrogen-bond donors (Lipinski definition) is 2. The van der Waals surface area contributed by atoms with Gasteiger partial charge in [-0.1, -0.05) is 0 Å². The van der Waals surface area contributed by atoms with Crippen LogP contribution in [-0.4, -0.2) is 47.6 Å². The standard InChI is InChI=1S/C9H15ClN2O2S/c1-11-9(12-2)15-8-4-6(13)3-7(5-10)14-8/h6-8,13H,1,3-5H2,2H3/p+1. The molecule has 1 fully saturated rings. The van der Waals surface area contributed by atoms with E-state index in [4.69, 9.17) is 16.3 Å². The molecule has 86 valence electrons. The number of alkyl halides is 1. The van der Waals surface area contributed by atoms with Crippen molar-refractivity contribution in [2.24, 2.45) is 0 Å². The monoisotopic (exact) mass is 251 g/mol. The van der Waals surface area contributed by atoms with Crippen molar-refractivity contribution in [3.63, 3.8) is 0 Å². The van der Waals surface area contributed by atoms with Gasteiger partial charge in [0, 0.05) is 30.5 Å². The van der Waals surface area contributed by atoms with Gasteiger partial charge in [0.05, 0.1) is 19.3 Å². The summed E-state index contributed by atoms with van der Waals surface area (Å²) in [6.07, 6.45) is 0.786. The quantitative estimate of drug-likeness (QED) is 0.318. The maximum absolute atomic E-state index is 9.61. The van der Waals surface area contributed by atoms with E-state index in [-0.39, 0.29) is 17.6 Å². The lowest BCUT2D eigenvalue weighted by Crippen LogP contribution is -2.36. The molecule has 0 bridgehead atoms. The summed E-state index contributed by atoms with van der Waals surface area (Å²) in [4.78, 5) is 0. The third kappa shape index (κ3) is 4.05. The van der Waals surface area contributed by atoms with E-state index < -0.39 is 0 Å².